The lowest BCUT2D eigenvalue weighted by Gasteiger charge is -2.18. The van der Waals surface area contributed by atoms with Crippen LogP contribution in [0, 0.1) is 0 Å². The first-order valence-corrected chi connectivity index (χ1v) is 9.05. The van der Waals surface area contributed by atoms with Gasteiger partial charge in [0, 0.05) is 13.6 Å². The smallest absolute Gasteiger partial charge is 0.242 e. The van der Waals surface area contributed by atoms with Gasteiger partial charge in [0.25, 0.3) is 0 Å². The van der Waals surface area contributed by atoms with Crippen LogP contribution in [0.2, 0.25) is 0 Å². The Bertz CT molecular complexity index is 858. The maximum atomic E-state index is 12.6. The van der Waals surface area contributed by atoms with E-state index in [1.54, 1.807) is 4.90 Å². The molecule has 3 aromatic rings. The van der Waals surface area contributed by atoms with Crippen molar-refractivity contribution in [1.82, 2.24) is 14.5 Å². The van der Waals surface area contributed by atoms with Crippen LogP contribution in [0.4, 0.5) is 0 Å². The lowest BCUT2D eigenvalue weighted by molar-refractivity contribution is -0.130. The maximum Gasteiger partial charge on any atom is 0.242 e. The SMILES string of the molecule is CCCCN(C)C(=O)Cn1c(COc2ccccc2)nc2ccccc21. The number of para-hydroxylation sites is 3. The highest BCUT2D eigenvalue weighted by Crippen LogP contribution is 2.18. The molecule has 0 N–H and O–H groups in total. The fraction of sp³-hybridized carbons (Fsp3) is 0.333. The monoisotopic (exact) mass is 351 g/mol. The third kappa shape index (κ3) is 4.23. The second-order valence-corrected chi connectivity index (χ2v) is 6.37. The molecule has 1 amide bonds. The molecule has 0 fully saturated rings. The Balaban J connectivity index is 1.81. The average molecular weight is 351 g/mol. The Morgan fingerprint density at radius 2 is 1.85 bits per heavy atom. The molecule has 136 valence electrons. The molecule has 0 saturated heterocycles. The molecule has 5 nitrogen and oxygen atoms in total. The number of amides is 1. The highest BCUT2D eigenvalue weighted by atomic mass is 16.5. The number of imidazole rings is 1. The second kappa shape index (κ2) is 8.52. The Morgan fingerprint density at radius 1 is 1.12 bits per heavy atom. The van der Waals surface area contributed by atoms with E-state index in [9.17, 15) is 4.79 Å². The van der Waals surface area contributed by atoms with Crippen LogP contribution in [-0.4, -0.2) is 34.0 Å². The molecule has 0 bridgehead atoms. The van der Waals surface area contributed by atoms with Gasteiger partial charge in [-0.2, -0.15) is 0 Å². The van der Waals surface area contributed by atoms with Crippen LogP contribution in [0.3, 0.4) is 0 Å². The van der Waals surface area contributed by atoms with Gasteiger partial charge in [-0.1, -0.05) is 43.7 Å². The zero-order valence-electron chi connectivity index (χ0n) is 15.4. The molecule has 0 aliphatic heterocycles. The predicted molar refractivity (Wildman–Crippen MR) is 103 cm³/mol. The van der Waals surface area contributed by atoms with E-state index in [0.29, 0.717) is 6.61 Å². The molecular formula is C21H25N3O2. The summed E-state index contributed by atoms with van der Waals surface area (Å²) < 4.78 is 7.82. The minimum Gasteiger partial charge on any atom is -0.486 e. The van der Waals surface area contributed by atoms with Crippen LogP contribution in [-0.2, 0) is 17.9 Å². The van der Waals surface area contributed by atoms with Gasteiger partial charge >= 0.3 is 0 Å². The summed E-state index contributed by atoms with van der Waals surface area (Å²) in [6.45, 7) is 3.50. The summed E-state index contributed by atoms with van der Waals surface area (Å²) in [7, 11) is 1.86. The van der Waals surface area contributed by atoms with Gasteiger partial charge < -0.3 is 14.2 Å². The van der Waals surface area contributed by atoms with Crippen molar-refractivity contribution in [3.63, 3.8) is 0 Å². The van der Waals surface area contributed by atoms with E-state index in [-0.39, 0.29) is 12.5 Å². The third-order valence-electron chi connectivity index (χ3n) is 4.41. The molecular weight excluding hydrogens is 326 g/mol. The van der Waals surface area contributed by atoms with Crippen LogP contribution in [0.15, 0.2) is 54.6 Å². The van der Waals surface area contributed by atoms with E-state index in [4.69, 9.17) is 4.74 Å². The number of nitrogens with zero attached hydrogens (tertiary/aromatic N) is 3. The number of hydrogen-bond acceptors (Lipinski definition) is 3. The van der Waals surface area contributed by atoms with Crippen molar-refractivity contribution in [1.29, 1.82) is 0 Å². The standard InChI is InChI=1S/C21H25N3O2/c1-3-4-14-23(2)21(25)15-24-19-13-9-8-12-18(19)22-20(24)16-26-17-10-6-5-7-11-17/h5-13H,3-4,14-16H2,1-2H3. The average Bonchev–Trinajstić information content (AvgIpc) is 3.02. The number of unbranched alkanes of at least 4 members (excludes halogenated alkanes) is 1. The van der Waals surface area contributed by atoms with Gasteiger partial charge in [-0.25, -0.2) is 4.98 Å². The van der Waals surface area contributed by atoms with Crippen molar-refractivity contribution in [3.8, 4) is 5.75 Å². The number of benzene rings is 2. The molecule has 0 spiro atoms. The summed E-state index contributed by atoms with van der Waals surface area (Å²) in [5.74, 6) is 1.63. The molecule has 3 rings (SSSR count). The normalized spacial score (nSPS) is 10.8. The van der Waals surface area contributed by atoms with Gasteiger partial charge in [0.15, 0.2) is 0 Å². The van der Waals surface area contributed by atoms with Crippen molar-refractivity contribution in [2.24, 2.45) is 0 Å². The fourth-order valence-corrected chi connectivity index (χ4v) is 2.85. The Hall–Kier alpha value is -2.82. The number of carbonyl (C=O) groups excluding carboxylic acids is 1. The molecule has 0 saturated carbocycles. The Kier molecular flexibility index (Phi) is 5.89. The summed E-state index contributed by atoms with van der Waals surface area (Å²) >= 11 is 0. The molecule has 26 heavy (non-hydrogen) atoms. The minimum atomic E-state index is 0.0857. The second-order valence-electron chi connectivity index (χ2n) is 6.37. The molecule has 1 heterocycles. The topological polar surface area (TPSA) is 47.4 Å². The summed E-state index contributed by atoms with van der Waals surface area (Å²) in [5.41, 5.74) is 1.83. The zero-order valence-corrected chi connectivity index (χ0v) is 15.4. The maximum absolute atomic E-state index is 12.6. The van der Waals surface area contributed by atoms with E-state index in [1.807, 2.05) is 66.2 Å². The number of ether oxygens (including phenoxy) is 1. The van der Waals surface area contributed by atoms with Crippen molar-refractivity contribution < 1.29 is 9.53 Å². The van der Waals surface area contributed by atoms with Gasteiger partial charge in [0.2, 0.25) is 5.91 Å². The van der Waals surface area contributed by atoms with Gasteiger partial charge in [0.1, 0.15) is 24.7 Å². The van der Waals surface area contributed by atoms with Crippen LogP contribution in [0.25, 0.3) is 11.0 Å². The van der Waals surface area contributed by atoms with Crippen molar-refractivity contribution >= 4 is 16.9 Å². The number of fused-ring (bicyclic) bond motifs is 1. The largest absolute Gasteiger partial charge is 0.486 e. The van der Waals surface area contributed by atoms with Crippen molar-refractivity contribution in [3.05, 3.63) is 60.4 Å². The number of carbonyl (C=O) groups is 1. The highest BCUT2D eigenvalue weighted by molar-refractivity contribution is 5.81. The molecule has 0 aliphatic carbocycles. The third-order valence-corrected chi connectivity index (χ3v) is 4.41. The fourth-order valence-electron chi connectivity index (χ4n) is 2.85. The molecule has 5 heteroatoms. The first-order valence-electron chi connectivity index (χ1n) is 9.05. The molecule has 1 aromatic heterocycles. The highest BCUT2D eigenvalue weighted by Gasteiger charge is 2.16. The van der Waals surface area contributed by atoms with E-state index in [2.05, 4.69) is 11.9 Å². The van der Waals surface area contributed by atoms with Gasteiger partial charge in [-0.15, -0.1) is 0 Å². The molecule has 0 radical (unpaired) electrons. The lowest BCUT2D eigenvalue weighted by atomic mass is 10.3. The Morgan fingerprint density at radius 3 is 2.62 bits per heavy atom. The van der Waals surface area contributed by atoms with E-state index in [0.717, 1.165) is 42.0 Å². The number of hydrogen-bond donors (Lipinski definition) is 0. The zero-order chi connectivity index (χ0) is 18.4. The summed E-state index contributed by atoms with van der Waals surface area (Å²) in [4.78, 5) is 19.1. The predicted octanol–water partition coefficient (Wildman–Crippen LogP) is 3.87. The van der Waals surface area contributed by atoms with Crippen LogP contribution < -0.4 is 4.74 Å². The number of likely N-dealkylation sites (N-methyl/N-ethyl adjacent to an activating group) is 1. The van der Waals surface area contributed by atoms with Gasteiger partial charge in [0.05, 0.1) is 11.0 Å². The molecule has 0 aliphatic rings. The first kappa shape index (κ1) is 18.0. The van der Waals surface area contributed by atoms with E-state index in [1.165, 1.54) is 0 Å². The van der Waals surface area contributed by atoms with Crippen LogP contribution in [0.1, 0.15) is 25.6 Å². The Labute approximate surface area is 154 Å². The lowest BCUT2D eigenvalue weighted by Crippen LogP contribution is -2.31. The van der Waals surface area contributed by atoms with Crippen molar-refractivity contribution in [2.45, 2.75) is 32.9 Å². The van der Waals surface area contributed by atoms with Crippen LogP contribution >= 0.6 is 0 Å². The first-order chi connectivity index (χ1) is 12.7. The summed E-state index contributed by atoms with van der Waals surface area (Å²) in [5, 5.41) is 0. The summed E-state index contributed by atoms with van der Waals surface area (Å²) in [6, 6.07) is 17.5. The van der Waals surface area contributed by atoms with E-state index < -0.39 is 0 Å². The van der Waals surface area contributed by atoms with Crippen molar-refractivity contribution in [2.75, 3.05) is 13.6 Å². The molecule has 0 unspecified atom stereocenters. The molecule has 2 aromatic carbocycles. The summed E-state index contributed by atoms with van der Waals surface area (Å²) in [6.07, 6.45) is 2.08. The van der Waals surface area contributed by atoms with Gasteiger partial charge in [-0.3, -0.25) is 4.79 Å². The van der Waals surface area contributed by atoms with Gasteiger partial charge in [-0.05, 0) is 30.7 Å². The number of rotatable bonds is 8. The van der Waals surface area contributed by atoms with E-state index >= 15 is 0 Å². The van der Waals surface area contributed by atoms with Crippen LogP contribution in [0.5, 0.6) is 5.75 Å². The molecule has 0 atom stereocenters. The number of aromatic nitrogens is 2. The minimum absolute atomic E-state index is 0.0857. The quantitative estimate of drug-likeness (QED) is 0.619.